The SMILES string of the molecule is CCCCC(CC)COS(=O)(=O)c1ccc(C)cc1.Cc1ccc(S(=O)(=O)Oc2ccccc2)cc1. The van der Waals surface area contributed by atoms with Crippen molar-refractivity contribution in [3.8, 4) is 5.75 Å². The molecule has 0 bridgehead atoms. The number of aryl methyl sites for hydroxylation is 2. The Kier molecular flexibility index (Phi) is 11.6. The van der Waals surface area contributed by atoms with E-state index < -0.39 is 20.2 Å². The van der Waals surface area contributed by atoms with E-state index in [2.05, 4.69) is 13.8 Å². The van der Waals surface area contributed by atoms with Crippen LogP contribution in [0, 0.1) is 19.8 Å². The van der Waals surface area contributed by atoms with Crippen LogP contribution in [0.4, 0.5) is 0 Å². The van der Waals surface area contributed by atoms with Gasteiger partial charge in [0.15, 0.2) is 0 Å². The second-order valence-electron chi connectivity index (χ2n) is 8.63. The van der Waals surface area contributed by atoms with Gasteiger partial charge < -0.3 is 4.18 Å². The van der Waals surface area contributed by atoms with Gasteiger partial charge in [-0.1, -0.05) is 86.7 Å². The van der Waals surface area contributed by atoms with E-state index in [1.165, 1.54) is 12.1 Å². The third-order valence-electron chi connectivity index (χ3n) is 5.57. The van der Waals surface area contributed by atoms with Gasteiger partial charge >= 0.3 is 10.1 Å². The first kappa shape index (κ1) is 29.5. The van der Waals surface area contributed by atoms with E-state index in [-0.39, 0.29) is 16.4 Å². The van der Waals surface area contributed by atoms with E-state index >= 15 is 0 Å². The third-order valence-corrected chi connectivity index (χ3v) is 8.13. The van der Waals surface area contributed by atoms with Crippen LogP contribution in [-0.2, 0) is 24.4 Å². The lowest BCUT2D eigenvalue weighted by Crippen LogP contribution is -2.14. The minimum atomic E-state index is -3.73. The van der Waals surface area contributed by atoms with Crippen molar-refractivity contribution in [1.29, 1.82) is 0 Å². The molecule has 0 fully saturated rings. The predicted octanol–water partition coefficient (Wildman–Crippen LogP) is 6.68. The molecule has 0 saturated heterocycles. The third kappa shape index (κ3) is 9.76. The van der Waals surface area contributed by atoms with Crippen molar-refractivity contribution >= 4 is 20.2 Å². The van der Waals surface area contributed by atoms with Crippen molar-refractivity contribution in [1.82, 2.24) is 0 Å². The topological polar surface area (TPSA) is 86.7 Å². The highest BCUT2D eigenvalue weighted by atomic mass is 32.2. The first-order valence-corrected chi connectivity index (χ1v) is 14.9. The van der Waals surface area contributed by atoms with Gasteiger partial charge in [0.1, 0.15) is 10.6 Å². The summed E-state index contributed by atoms with van der Waals surface area (Å²) in [6.07, 6.45) is 4.22. The van der Waals surface area contributed by atoms with Gasteiger partial charge in [0.05, 0.1) is 11.5 Å². The van der Waals surface area contributed by atoms with Gasteiger partial charge in [-0.3, -0.25) is 4.18 Å². The van der Waals surface area contributed by atoms with Crippen molar-refractivity contribution in [3.05, 3.63) is 90.0 Å². The molecule has 0 radical (unpaired) electrons. The lowest BCUT2D eigenvalue weighted by molar-refractivity contribution is 0.238. The Morgan fingerprint density at radius 1 is 0.694 bits per heavy atom. The molecule has 0 saturated carbocycles. The molecule has 3 aromatic rings. The van der Waals surface area contributed by atoms with Crippen LogP contribution in [0.25, 0.3) is 0 Å². The molecule has 0 N–H and O–H groups in total. The number of unbranched alkanes of at least 4 members (excludes halogenated alkanes) is 1. The second kappa shape index (κ2) is 14.2. The summed E-state index contributed by atoms with van der Waals surface area (Å²) in [5.41, 5.74) is 2.04. The van der Waals surface area contributed by atoms with E-state index in [0.29, 0.717) is 11.7 Å². The lowest BCUT2D eigenvalue weighted by Gasteiger charge is -2.14. The summed E-state index contributed by atoms with van der Waals surface area (Å²) in [5, 5.41) is 0. The van der Waals surface area contributed by atoms with Crippen molar-refractivity contribution in [2.24, 2.45) is 5.92 Å². The van der Waals surface area contributed by atoms with Gasteiger partial charge in [-0.2, -0.15) is 16.8 Å². The molecule has 0 amide bonds. The van der Waals surface area contributed by atoms with Gasteiger partial charge in [-0.15, -0.1) is 0 Å². The summed E-state index contributed by atoms with van der Waals surface area (Å²) < 4.78 is 58.0. The molecule has 36 heavy (non-hydrogen) atoms. The average molecular weight is 533 g/mol. The molecular formula is C28H36O6S2. The van der Waals surface area contributed by atoms with E-state index in [9.17, 15) is 16.8 Å². The molecule has 3 aromatic carbocycles. The number of para-hydroxylation sites is 1. The molecule has 3 rings (SSSR count). The summed E-state index contributed by atoms with van der Waals surface area (Å²) in [6, 6.07) is 21.7. The first-order valence-electron chi connectivity index (χ1n) is 12.1. The molecular weight excluding hydrogens is 496 g/mol. The summed E-state index contributed by atoms with van der Waals surface area (Å²) in [4.78, 5) is 0.399. The summed E-state index contributed by atoms with van der Waals surface area (Å²) >= 11 is 0. The number of hydrogen-bond acceptors (Lipinski definition) is 6. The van der Waals surface area contributed by atoms with Crippen LogP contribution >= 0.6 is 0 Å². The van der Waals surface area contributed by atoms with Crippen LogP contribution in [0.3, 0.4) is 0 Å². The molecule has 6 nitrogen and oxygen atoms in total. The Bertz CT molecular complexity index is 1250. The smallest absolute Gasteiger partial charge is 0.339 e. The monoisotopic (exact) mass is 532 g/mol. The maximum Gasteiger partial charge on any atom is 0.339 e. The quantitative estimate of drug-likeness (QED) is 0.256. The van der Waals surface area contributed by atoms with Crippen LogP contribution in [-0.4, -0.2) is 23.4 Å². The molecule has 8 heteroatoms. The van der Waals surface area contributed by atoms with Gasteiger partial charge in [0.25, 0.3) is 10.1 Å². The van der Waals surface area contributed by atoms with E-state index in [1.807, 2.05) is 13.8 Å². The Morgan fingerprint density at radius 2 is 1.19 bits per heavy atom. The minimum Gasteiger partial charge on any atom is -0.379 e. The van der Waals surface area contributed by atoms with Gasteiger partial charge in [0, 0.05) is 0 Å². The zero-order chi connectivity index (χ0) is 26.6. The molecule has 1 unspecified atom stereocenters. The van der Waals surface area contributed by atoms with E-state index in [0.717, 1.165) is 36.8 Å². The van der Waals surface area contributed by atoms with Crippen molar-refractivity contribution in [2.45, 2.75) is 63.2 Å². The fourth-order valence-electron chi connectivity index (χ4n) is 3.21. The highest BCUT2D eigenvalue weighted by Gasteiger charge is 2.18. The zero-order valence-corrected chi connectivity index (χ0v) is 23.0. The predicted molar refractivity (Wildman–Crippen MR) is 143 cm³/mol. The standard InChI is InChI=1S/C15H24O3S.C13H12O3S/c1-4-6-7-14(5-2)12-18-19(16,17)15-10-8-13(3)9-11-15;1-11-7-9-13(10-8-11)17(14,15)16-12-5-3-2-4-6-12/h8-11,14H,4-7,12H2,1-3H3;2-10H,1H3. The molecule has 0 spiro atoms. The molecule has 1 atom stereocenters. The first-order chi connectivity index (χ1) is 17.1. The maximum atomic E-state index is 12.0. The van der Waals surface area contributed by atoms with Crippen LogP contribution in [0.5, 0.6) is 5.75 Å². The van der Waals surface area contributed by atoms with E-state index in [1.54, 1.807) is 66.7 Å². The Hall–Kier alpha value is -2.68. The zero-order valence-electron chi connectivity index (χ0n) is 21.4. The Balaban J connectivity index is 0.000000255. The van der Waals surface area contributed by atoms with Crippen molar-refractivity contribution < 1.29 is 25.2 Å². The van der Waals surface area contributed by atoms with Gasteiger partial charge in [0.2, 0.25) is 0 Å². The van der Waals surface area contributed by atoms with Gasteiger partial charge in [-0.25, -0.2) is 0 Å². The van der Waals surface area contributed by atoms with Crippen LogP contribution in [0.1, 0.15) is 50.7 Å². The molecule has 0 aliphatic carbocycles. The molecule has 0 aromatic heterocycles. The molecule has 0 aliphatic heterocycles. The fraction of sp³-hybridized carbons (Fsp3) is 0.357. The second-order valence-corrected chi connectivity index (χ2v) is 11.8. The summed E-state index contributed by atoms with van der Waals surface area (Å²) in [5.74, 6) is 0.633. The van der Waals surface area contributed by atoms with Crippen LogP contribution in [0.2, 0.25) is 0 Å². The Labute approximate surface area is 216 Å². The van der Waals surface area contributed by atoms with Crippen molar-refractivity contribution in [3.63, 3.8) is 0 Å². The molecule has 196 valence electrons. The largest absolute Gasteiger partial charge is 0.379 e. The van der Waals surface area contributed by atoms with E-state index in [4.69, 9.17) is 8.37 Å². The molecule has 0 aliphatic rings. The van der Waals surface area contributed by atoms with Gasteiger partial charge in [-0.05, 0) is 62.6 Å². The van der Waals surface area contributed by atoms with Crippen LogP contribution < -0.4 is 4.18 Å². The highest BCUT2D eigenvalue weighted by molar-refractivity contribution is 7.87. The highest BCUT2D eigenvalue weighted by Crippen LogP contribution is 2.19. The fourth-order valence-corrected chi connectivity index (χ4v) is 5.12. The van der Waals surface area contributed by atoms with Crippen molar-refractivity contribution in [2.75, 3.05) is 6.61 Å². The Morgan fingerprint density at radius 3 is 1.67 bits per heavy atom. The number of hydrogen-bond donors (Lipinski definition) is 0. The normalized spacial score (nSPS) is 12.3. The minimum absolute atomic E-state index is 0.159. The van der Waals surface area contributed by atoms with Crippen LogP contribution in [0.15, 0.2) is 88.7 Å². The summed E-state index contributed by atoms with van der Waals surface area (Å²) in [7, 11) is -7.34. The number of rotatable bonds is 11. The number of benzene rings is 3. The average Bonchev–Trinajstić information content (AvgIpc) is 2.85. The summed E-state index contributed by atoms with van der Waals surface area (Å²) in [6.45, 7) is 8.31. The maximum absolute atomic E-state index is 12.0. The lowest BCUT2D eigenvalue weighted by atomic mass is 10.0. The molecule has 0 heterocycles.